The van der Waals surface area contributed by atoms with Gasteiger partial charge in [-0.15, -0.1) is 0 Å². The molecule has 0 saturated heterocycles. The molecular weight excluding hydrogens is 390 g/mol. The highest BCUT2D eigenvalue weighted by molar-refractivity contribution is 9.11. The molecule has 0 bridgehead atoms. The first kappa shape index (κ1) is 15.5. The van der Waals surface area contributed by atoms with Crippen molar-refractivity contribution < 1.29 is 14.7 Å². The molecule has 1 aromatic rings. The van der Waals surface area contributed by atoms with E-state index in [0.717, 1.165) is 28.2 Å². The molecular formula is C14H15Br2NO3. The second-order valence-corrected chi connectivity index (χ2v) is 6.89. The molecule has 0 aliphatic heterocycles. The fourth-order valence-electron chi connectivity index (χ4n) is 2.52. The molecule has 1 saturated carbocycles. The highest BCUT2D eigenvalue weighted by Gasteiger charge is 2.41. The zero-order valence-corrected chi connectivity index (χ0v) is 14.0. The van der Waals surface area contributed by atoms with Crippen LogP contribution in [0.5, 0.6) is 0 Å². The first-order valence-corrected chi connectivity index (χ1v) is 8.03. The summed E-state index contributed by atoms with van der Waals surface area (Å²) < 4.78 is 1.54. The van der Waals surface area contributed by atoms with Crippen molar-refractivity contribution in [3.63, 3.8) is 0 Å². The number of amides is 1. The average Bonchev–Trinajstić information content (AvgIpc) is 2.38. The smallest absolute Gasteiger partial charge is 0.329 e. The van der Waals surface area contributed by atoms with Gasteiger partial charge in [-0.25, -0.2) is 4.79 Å². The van der Waals surface area contributed by atoms with Crippen molar-refractivity contribution in [3.8, 4) is 0 Å². The summed E-state index contributed by atoms with van der Waals surface area (Å²) in [6, 6.07) is 5.18. The number of hydrogen-bond acceptors (Lipinski definition) is 2. The predicted molar refractivity (Wildman–Crippen MR) is 82.8 cm³/mol. The molecule has 2 rings (SSSR count). The highest BCUT2D eigenvalue weighted by Crippen LogP contribution is 2.29. The van der Waals surface area contributed by atoms with Gasteiger partial charge < -0.3 is 10.4 Å². The maximum Gasteiger partial charge on any atom is 0.329 e. The van der Waals surface area contributed by atoms with E-state index in [4.69, 9.17) is 0 Å². The minimum Gasteiger partial charge on any atom is -0.480 e. The molecule has 1 aliphatic rings. The van der Waals surface area contributed by atoms with Crippen LogP contribution in [0.3, 0.4) is 0 Å². The van der Waals surface area contributed by atoms with Crippen LogP contribution in [0.1, 0.15) is 42.5 Å². The Hall–Kier alpha value is -0.880. The van der Waals surface area contributed by atoms with Gasteiger partial charge in [-0.2, -0.15) is 0 Å². The lowest BCUT2D eigenvalue weighted by molar-refractivity contribution is -0.145. The molecule has 6 heteroatoms. The molecule has 20 heavy (non-hydrogen) atoms. The Morgan fingerprint density at radius 2 is 1.60 bits per heavy atom. The van der Waals surface area contributed by atoms with E-state index in [9.17, 15) is 14.7 Å². The van der Waals surface area contributed by atoms with E-state index >= 15 is 0 Å². The third-order valence-electron chi connectivity index (χ3n) is 3.59. The first-order chi connectivity index (χ1) is 9.43. The monoisotopic (exact) mass is 403 g/mol. The van der Waals surface area contributed by atoms with Crippen molar-refractivity contribution in [2.45, 2.75) is 37.6 Å². The molecule has 0 radical (unpaired) electrons. The van der Waals surface area contributed by atoms with Crippen molar-refractivity contribution in [2.24, 2.45) is 0 Å². The zero-order valence-electron chi connectivity index (χ0n) is 10.8. The maximum atomic E-state index is 12.3. The predicted octanol–water partition coefficient (Wildman–Crippen LogP) is 3.73. The minimum atomic E-state index is -1.12. The molecule has 4 nitrogen and oxygen atoms in total. The normalized spacial score (nSPS) is 17.5. The van der Waals surface area contributed by atoms with Crippen molar-refractivity contribution in [3.05, 3.63) is 32.7 Å². The maximum absolute atomic E-state index is 12.3. The van der Waals surface area contributed by atoms with Crippen LogP contribution in [0.15, 0.2) is 27.1 Å². The zero-order chi connectivity index (χ0) is 14.8. The number of aliphatic carboxylic acids is 1. The summed E-state index contributed by atoms with van der Waals surface area (Å²) in [5.41, 5.74) is -0.679. The van der Waals surface area contributed by atoms with Gasteiger partial charge in [0.15, 0.2) is 0 Å². The van der Waals surface area contributed by atoms with Gasteiger partial charge in [-0.1, -0.05) is 51.1 Å². The number of rotatable bonds is 3. The summed E-state index contributed by atoms with van der Waals surface area (Å²) in [6.45, 7) is 0. The number of carboxylic acids is 1. The van der Waals surface area contributed by atoms with Crippen LogP contribution >= 0.6 is 31.9 Å². The lowest BCUT2D eigenvalue weighted by atomic mass is 9.81. The van der Waals surface area contributed by atoms with E-state index in [-0.39, 0.29) is 5.91 Å². The topological polar surface area (TPSA) is 66.4 Å². The molecule has 0 heterocycles. The molecule has 108 valence electrons. The number of benzene rings is 1. The Balaban J connectivity index is 2.22. The van der Waals surface area contributed by atoms with Gasteiger partial charge in [0.2, 0.25) is 0 Å². The number of carbonyl (C=O) groups is 2. The van der Waals surface area contributed by atoms with Crippen LogP contribution in [0.2, 0.25) is 0 Å². The molecule has 1 fully saturated rings. The van der Waals surface area contributed by atoms with Crippen molar-refractivity contribution >= 4 is 43.7 Å². The van der Waals surface area contributed by atoms with E-state index < -0.39 is 11.5 Å². The molecule has 0 unspecified atom stereocenters. The summed E-state index contributed by atoms with van der Waals surface area (Å²) in [5.74, 6) is -1.30. The molecule has 0 aromatic heterocycles. The van der Waals surface area contributed by atoms with Crippen molar-refractivity contribution in [1.29, 1.82) is 0 Å². The van der Waals surface area contributed by atoms with Crippen molar-refractivity contribution in [1.82, 2.24) is 5.32 Å². The third kappa shape index (κ3) is 3.41. The Labute approximate surface area is 134 Å². The van der Waals surface area contributed by atoms with Gasteiger partial charge in [-0.05, 0) is 31.0 Å². The lowest BCUT2D eigenvalue weighted by Crippen LogP contribution is -2.55. The summed E-state index contributed by atoms with van der Waals surface area (Å²) in [4.78, 5) is 23.9. The molecule has 1 aliphatic carbocycles. The standard InChI is InChI=1S/C14H15Br2NO3/c15-10-6-9(7-11(16)8-10)12(18)17-14(13(19)20)4-2-1-3-5-14/h6-8H,1-5H2,(H,17,18)(H,19,20). The summed E-state index contributed by atoms with van der Waals surface area (Å²) in [7, 11) is 0. The Morgan fingerprint density at radius 3 is 2.10 bits per heavy atom. The molecule has 2 N–H and O–H groups in total. The largest absolute Gasteiger partial charge is 0.480 e. The SMILES string of the molecule is O=C(NC1(C(=O)O)CCCCC1)c1cc(Br)cc(Br)c1. The van der Waals surface area contributed by atoms with Crippen LogP contribution in [0.25, 0.3) is 0 Å². The van der Waals surface area contributed by atoms with Gasteiger partial charge in [0.25, 0.3) is 5.91 Å². The molecule has 0 atom stereocenters. The van der Waals surface area contributed by atoms with Crippen LogP contribution < -0.4 is 5.32 Å². The highest BCUT2D eigenvalue weighted by atomic mass is 79.9. The van der Waals surface area contributed by atoms with E-state index in [1.807, 2.05) is 6.07 Å². The number of carbonyl (C=O) groups excluding carboxylic acids is 1. The van der Waals surface area contributed by atoms with Gasteiger partial charge in [0.1, 0.15) is 5.54 Å². The minimum absolute atomic E-state index is 0.351. The molecule has 1 amide bonds. The molecule has 0 spiro atoms. The Kier molecular flexibility index (Phi) is 4.86. The number of hydrogen-bond donors (Lipinski definition) is 2. The summed E-state index contributed by atoms with van der Waals surface area (Å²) >= 11 is 6.65. The lowest BCUT2D eigenvalue weighted by Gasteiger charge is -2.34. The number of carboxylic acid groups (broad SMARTS) is 1. The van der Waals surface area contributed by atoms with Gasteiger partial charge >= 0.3 is 5.97 Å². The molecule has 1 aromatic carbocycles. The van der Waals surface area contributed by atoms with Crippen LogP contribution in [0, 0.1) is 0 Å². The van der Waals surface area contributed by atoms with Crippen LogP contribution in [0.4, 0.5) is 0 Å². The van der Waals surface area contributed by atoms with Crippen LogP contribution in [-0.2, 0) is 4.79 Å². The third-order valence-corrected chi connectivity index (χ3v) is 4.51. The second kappa shape index (κ2) is 6.26. The first-order valence-electron chi connectivity index (χ1n) is 6.45. The quantitative estimate of drug-likeness (QED) is 0.806. The fourth-order valence-corrected chi connectivity index (χ4v) is 3.82. The van der Waals surface area contributed by atoms with E-state index in [0.29, 0.717) is 18.4 Å². The Morgan fingerprint density at radius 1 is 1.05 bits per heavy atom. The van der Waals surface area contributed by atoms with Gasteiger partial charge in [0, 0.05) is 14.5 Å². The summed E-state index contributed by atoms with van der Waals surface area (Å²) in [5, 5.41) is 12.2. The van der Waals surface area contributed by atoms with E-state index in [2.05, 4.69) is 37.2 Å². The van der Waals surface area contributed by atoms with Gasteiger partial charge in [-0.3, -0.25) is 4.79 Å². The number of nitrogens with one attached hydrogen (secondary N) is 1. The van der Waals surface area contributed by atoms with E-state index in [1.165, 1.54) is 0 Å². The Bertz CT molecular complexity index is 519. The van der Waals surface area contributed by atoms with E-state index in [1.54, 1.807) is 12.1 Å². The average molecular weight is 405 g/mol. The van der Waals surface area contributed by atoms with Crippen LogP contribution in [-0.4, -0.2) is 22.5 Å². The fraction of sp³-hybridized carbons (Fsp3) is 0.429. The number of halogens is 2. The van der Waals surface area contributed by atoms with Crippen molar-refractivity contribution in [2.75, 3.05) is 0 Å². The van der Waals surface area contributed by atoms with Gasteiger partial charge in [0.05, 0.1) is 0 Å². The summed E-state index contributed by atoms with van der Waals surface area (Å²) in [6.07, 6.45) is 3.66. The second-order valence-electron chi connectivity index (χ2n) is 5.06.